The number of rotatable bonds is 6. The van der Waals surface area contributed by atoms with E-state index in [1.54, 1.807) is 36.8 Å². The van der Waals surface area contributed by atoms with Gasteiger partial charge in [-0.1, -0.05) is 12.1 Å². The minimum Gasteiger partial charge on any atom is -0.335 e. The maximum atomic E-state index is 12.5. The Kier molecular flexibility index (Phi) is 5.05. The van der Waals surface area contributed by atoms with Gasteiger partial charge in [-0.2, -0.15) is 0 Å². The first-order chi connectivity index (χ1) is 13.7. The molecule has 7 heteroatoms. The Hall–Kier alpha value is -3.61. The second kappa shape index (κ2) is 7.96. The SMILES string of the molecule is O=C(Nc1ccc(C(=O)Nc2cccc(Cn3ccnc3)c2)cc1)NC1CC1. The van der Waals surface area contributed by atoms with Gasteiger partial charge >= 0.3 is 6.03 Å². The van der Waals surface area contributed by atoms with Crippen molar-refractivity contribution in [1.82, 2.24) is 14.9 Å². The smallest absolute Gasteiger partial charge is 0.319 e. The Morgan fingerprint density at radius 3 is 2.57 bits per heavy atom. The van der Waals surface area contributed by atoms with Gasteiger partial charge in [0.25, 0.3) is 5.91 Å². The van der Waals surface area contributed by atoms with Gasteiger partial charge in [-0.15, -0.1) is 0 Å². The lowest BCUT2D eigenvalue weighted by Crippen LogP contribution is -2.30. The fraction of sp³-hybridized carbons (Fsp3) is 0.190. The third-order valence-electron chi connectivity index (χ3n) is 4.43. The van der Waals surface area contributed by atoms with Crippen LogP contribution in [0.5, 0.6) is 0 Å². The molecule has 1 aromatic heterocycles. The molecule has 0 aliphatic heterocycles. The second-order valence-electron chi connectivity index (χ2n) is 6.84. The number of anilines is 2. The molecule has 2 aromatic carbocycles. The van der Waals surface area contributed by atoms with Crippen molar-refractivity contribution in [3.05, 3.63) is 78.4 Å². The second-order valence-corrected chi connectivity index (χ2v) is 6.84. The summed E-state index contributed by atoms with van der Waals surface area (Å²) in [6.07, 6.45) is 7.46. The van der Waals surface area contributed by atoms with E-state index in [9.17, 15) is 9.59 Å². The third kappa shape index (κ3) is 4.76. The molecule has 0 saturated heterocycles. The first kappa shape index (κ1) is 17.8. The zero-order valence-electron chi connectivity index (χ0n) is 15.3. The predicted molar refractivity (Wildman–Crippen MR) is 107 cm³/mol. The highest BCUT2D eigenvalue weighted by atomic mass is 16.2. The summed E-state index contributed by atoms with van der Waals surface area (Å²) in [7, 11) is 0. The molecule has 0 bridgehead atoms. The van der Waals surface area contributed by atoms with E-state index in [1.165, 1.54) is 0 Å². The van der Waals surface area contributed by atoms with Gasteiger partial charge in [0.1, 0.15) is 0 Å². The molecule has 0 radical (unpaired) electrons. The van der Waals surface area contributed by atoms with Crippen LogP contribution in [0.2, 0.25) is 0 Å². The maximum Gasteiger partial charge on any atom is 0.319 e. The number of hydrogen-bond donors (Lipinski definition) is 3. The first-order valence-corrected chi connectivity index (χ1v) is 9.19. The zero-order valence-corrected chi connectivity index (χ0v) is 15.3. The fourth-order valence-electron chi connectivity index (χ4n) is 2.83. The Morgan fingerprint density at radius 1 is 1.04 bits per heavy atom. The van der Waals surface area contributed by atoms with E-state index in [2.05, 4.69) is 20.9 Å². The van der Waals surface area contributed by atoms with Gasteiger partial charge in [0.2, 0.25) is 0 Å². The number of hydrogen-bond acceptors (Lipinski definition) is 3. The lowest BCUT2D eigenvalue weighted by atomic mass is 10.1. The molecule has 0 unspecified atom stereocenters. The van der Waals surface area contributed by atoms with Gasteiger partial charge in [-0.25, -0.2) is 9.78 Å². The van der Waals surface area contributed by atoms with E-state index in [0.29, 0.717) is 23.8 Å². The van der Waals surface area contributed by atoms with Crippen LogP contribution < -0.4 is 16.0 Å². The summed E-state index contributed by atoms with van der Waals surface area (Å²) in [5.41, 5.74) is 2.97. The lowest BCUT2D eigenvalue weighted by Gasteiger charge is -2.09. The molecular formula is C21H21N5O2. The molecule has 0 spiro atoms. The van der Waals surface area contributed by atoms with Crippen LogP contribution in [-0.4, -0.2) is 27.5 Å². The lowest BCUT2D eigenvalue weighted by molar-refractivity contribution is 0.102. The zero-order chi connectivity index (χ0) is 19.3. The Morgan fingerprint density at radius 2 is 1.86 bits per heavy atom. The average molecular weight is 375 g/mol. The van der Waals surface area contributed by atoms with Crippen LogP contribution in [-0.2, 0) is 6.54 Å². The number of amides is 3. The number of carbonyl (C=O) groups is 2. The largest absolute Gasteiger partial charge is 0.335 e. The molecule has 1 saturated carbocycles. The van der Waals surface area contributed by atoms with Crippen molar-refractivity contribution in [3.8, 4) is 0 Å². The van der Waals surface area contributed by atoms with Crippen LogP contribution in [0.25, 0.3) is 0 Å². The Balaban J connectivity index is 1.35. The Labute approximate surface area is 162 Å². The van der Waals surface area contributed by atoms with Crippen LogP contribution in [0.15, 0.2) is 67.3 Å². The molecule has 4 rings (SSSR count). The van der Waals surface area contributed by atoms with Gasteiger partial charge in [-0.05, 0) is 54.8 Å². The quantitative estimate of drug-likeness (QED) is 0.616. The van der Waals surface area contributed by atoms with Crippen molar-refractivity contribution in [2.75, 3.05) is 10.6 Å². The third-order valence-corrected chi connectivity index (χ3v) is 4.43. The van der Waals surface area contributed by atoms with E-state index in [-0.39, 0.29) is 11.9 Å². The van der Waals surface area contributed by atoms with E-state index in [1.807, 2.05) is 35.0 Å². The number of benzene rings is 2. The standard InChI is InChI=1S/C21H21N5O2/c27-20(16-4-6-17(7-5-16)24-21(28)25-18-8-9-18)23-19-3-1-2-15(12-19)13-26-11-10-22-14-26/h1-7,10-12,14,18H,8-9,13H2,(H,23,27)(H2,24,25,28). The van der Waals surface area contributed by atoms with Crippen molar-refractivity contribution in [2.45, 2.75) is 25.4 Å². The minimum absolute atomic E-state index is 0.200. The van der Waals surface area contributed by atoms with Crippen molar-refractivity contribution in [1.29, 1.82) is 0 Å². The van der Waals surface area contributed by atoms with E-state index in [0.717, 1.165) is 24.1 Å². The van der Waals surface area contributed by atoms with Gasteiger partial charge < -0.3 is 20.5 Å². The summed E-state index contributed by atoms with van der Waals surface area (Å²) in [4.78, 5) is 28.3. The first-order valence-electron chi connectivity index (χ1n) is 9.19. The molecule has 142 valence electrons. The van der Waals surface area contributed by atoms with Crippen molar-refractivity contribution in [2.24, 2.45) is 0 Å². The van der Waals surface area contributed by atoms with Gasteiger partial charge in [0.05, 0.1) is 6.33 Å². The van der Waals surface area contributed by atoms with Gasteiger partial charge in [-0.3, -0.25) is 4.79 Å². The maximum absolute atomic E-state index is 12.5. The van der Waals surface area contributed by atoms with Crippen LogP contribution in [0.3, 0.4) is 0 Å². The summed E-state index contributed by atoms with van der Waals surface area (Å²) in [5.74, 6) is -0.200. The molecule has 28 heavy (non-hydrogen) atoms. The van der Waals surface area contributed by atoms with E-state index < -0.39 is 0 Å². The van der Waals surface area contributed by atoms with Gasteiger partial charge in [0.15, 0.2) is 0 Å². The minimum atomic E-state index is -0.214. The molecule has 1 aliphatic carbocycles. The van der Waals surface area contributed by atoms with E-state index in [4.69, 9.17) is 0 Å². The molecule has 3 amide bonds. The van der Waals surface area contributed by atoms with Gasteiger partial charge in [0, 0.05) is 41.9 Å². The summed E-state index contributed by atoms with van der Waals surface area (Å²) in [6.45, 7) is 0.687. The molecule has 3 aromatic rings. The highest BCUT2D eigenvalue weighted by Gasteiger charge is 2.23. The number of aromatic nitrogens is 2. The van der Waals surface area contributed by atoms with Crippen molar-refractivity contribution >= 4 is 23.3 Å². The summed E-state index contributed by atoms with van der Waals surface area (Å²) < 4.78 is 1.96. The molecule has 1 fully saturated rings. The number of nitrogens with one attached hydrogen (secondary N) is 3. The number of imidazole rings is 1. The van der Waals surface area contributed by atoms with Crippen molar-refractivity contribution in [3.63, 3.8) is 0 Å². The highest BCUT2D eigenvalue weighted by Crippen LogP contribution is 2.19. The molecule has 1 aliphatic rings. The topological polar surface area (TPSA) is 88.1 Å². The summed E-state index contributed by atoms with van der Waals surface area (Å²) >= 11 is 0. The summed E-state index contributed by atoms with van der Waals surface area (Å²) in [5, 5.41) is 8.54. The number of nitrogens with zero attached hydrogens (tertiary/aromatic N) is 2. The molecule has 3 N–H and O–H groups in total. The van der Waals surface area contributed by atoms with Crippen molar-refractivity contribution < 1.29 is 9.59 Å². The molecule has 0 atom stereocenters. The normalized spacial score (nSPS) is 13.0. The predicted octanol–water partition coefficient (Wildman–Crippen LogP) is 3.47. The van der Waals surface area contributed by atoms with E-state index >= 15 is 0 Å². The van der Waals surface area contributed by atoms with Crippen LogP contribution in [0.4, 0.5) is 16.2 Å². The van der Waals surface area contributed by atoms with Crippen LogP contribution in [0, 0.1) is 0 Å². The fourth-order valence-corrected chi connectivity index (χ4v) is 2.83. The monoisotopic (exact) mass is 375 g/mol. The Bertz CT molecular complexity index is 963. The van der Waals surface area contributed by atoms with Crippen LogP contribution >= 0.6 is 0 Å². The average Bonchev–Trinajstić information content (AvgIpc) is 3.34. The van der Waals surface area contributed by atoms with Crippen LogP contribution in [0.1, 0.15) is 28.8 Å². The molecular weight excluding hydrogens is 354 g/mol. The highest BCUT2D eigenvalue weighted by molar-refractivity contribution is 6.04. The number of urea groups is 1. The molecule has 7 nitrogen and oxygen atoms in total. The number of carbonyl (C=O) groups excluding carboxylic acids is 2. The summed E-state index contributed by atoms with van der Waals surface area (Å²) in [6, 6.07) is 14.6. The molecule has 1 heterocycles.